The quantitative estimate of drug-likeness (QED) is 0.682. The van der Waals surface area contributed by atoms with Crippen LogP contribution in [0, 0.1) is 6.92 Å². The maximum absolute atomic E-state index is 12.3. The minimum absolute atomic E-state index is 0.242. The number of carbonyl (C=O) groups excluding carboxylic acids is 1. The molecule has 0 aliphatic heterocycles. The zero-order chi connectivity index (χ0) is 18.5. The first-order valence-corrected chi connectivity index (χ1v) is 8.98. The number of methoxy groups -OCH3 is 1. The van der Waals surface area contributed by atoms with Crippen molar-refractivity contribution in [1.82, 2.24) is 10.2 Å². The third-order valence-corrected chi connectivity index (χ3v) is 4.86. The highest BCUT2D eigenvalue weighted by molar-refractivity contribution is 7.15. The highest BCUT2D eigenvalue weighted by Crippen LogP contribution is 2.26. The lowest BCUT2D eigenvalue weighted by molar-refractivity contribution is 0.102. The highest BCUT2D eigenvalue weighted by Gasteiger charge is 2.15. The molecule has 1 aromatic heterocycles. The van der Waals surface area contributed by atoms with Crippen LogP contribution >= 0.6 is 22.9 Å². The van der Waals surface area contributed by atoms with Gasteiger partial charge in [0.1, 0.15) is 5.75 Å². The summed E-state index contributed by atoms with van der Waals surface area (Å²) in [7, 11) is 1.59. The Labute approximate surface area is 160 Å². The molecule has 0 bridgehead atoms. The maximum Gasteiger partial charge on any atom is 0.286 e. The van der Waals surface area contributed by atoms with Crippen molar-refractivity contribution >= 4 is 45.6 Å². The summed E-state index contributed by atoms with van der Waals surface area (Å²) < 4.78 is 5.09. The van der Waals surface area contributed by atoms with Crippen LogP contribution < -0.4 is 10.1 Å². The van der Waals surface area contributed by atoms with Crippen LogP contribution in [0.5, 0.6) is 5.75 Å². The first kappa shape index (κ1) is 18.1. The summed E-state index contributed by atoms with van der Waals surface area (Å²) in [6, 6.07) is 15.0. The van der Waals surface area contributed by atoms with Gasteiger partial charge in [0.2, 0.25) is 5.01 Å². The highest BCUT2D eigenvalue weighted by atomic mass is 35.5. The fraction of sp³-hybridized carbons (Fsp3) is 0.105. The Morgan fingerprint density at radius 2 is 1.88 bits per heavy atom. The van der Waals surface area contributed by atoms with Gasteiger partial charge in [-0.3, -0.25) is 4.79 Å². The number of benzene rings is 2. The molecule has 0 fully saturated rings. The van der Waals surface area contributed by atoms with Gasteiger partial charge in [-0.2, -0.15) is 0 Å². The van der Waals surface area contributed by atoms with Crippen molar-refractivity contribution < 1.29 is 9.53 Å². The summed E-state index contributed by atoms with van der Waals surface area (Å²) in [6.45, 7) is 2.01. The molecule has 0 aliphatic carbocycles. The Kier molecular flexibility index (Phi) is 5.65. The Hall–Kier alpha value is -2.70. The molecule has 0 saturated heterocycles. The molecule has 5 nitrogen and oxygen atoms in total. The first-order chi connectivity index (χ1) is 12.5. The minimum Gasteiger partial charge on any atom is -0.497 e. The second-order valence-corrected chi connectivity index (χ2v) is 6.89. The zero-order valence-corrected chi connectivity index (χ0v) is 15.8. The van der Waals surface area contributed by atoms with Crippen LogP contribution in [0.3, 0.4) is 0 Å². The summed E-state index contributed by atoms with van der Waals surface area (Å²) >= 11 is 7.47. The molecule has 1 N–H and O–H groups in total. The van der Waals surface area contributed by atoms with Gasteiger partial charge in [0.05, 0.1) is 12.1 Å². The lowest BCUT2D eigenvalue weighted by atomic mass is 10.1. The van der Waals surface area contributed by atoms with Gasteiger partial charge in [-0.25, -0.2) is 0 Å². The Balaban J connectivity index is 1.72. The molecular weight excluding hydrogens is 370 g/mol. The Bertz CT molecular complexity index is 951. The molecule has 7 heteroatoms. The van der Waals surface area contributed by atoms with Crippen molar-refractivity contribution in [3.63, 3.8) is 0 Å². The van der Waals surface area contributed by atoms with Crippen molar-refractivity contribution in [2.24, 2.45) is 0 Å². The molecule has 0 aliphatic rings. The topological polar surface area (TPSA) is 64.1 Å². The van der Waals surface area contributed by atoms with E-state index in [0.717, 1.165) is 22.5 Å². The number of nitrogens with one attached hydrogen (secondary N) is 1. The molecule has 3 aromatic rings. The fourth-order valence-electron chi connectivity index (χ4n) is 2.24. The van der Waals surface area contributed by atoms with Crippen LogP contribution in [0.15, 0.2) is 48.5 Å². The van der Waals surface area contributed by atoms with E-state index in [9.17, 15) is 4.79 Å². The van der Waals surface area contributed by atoms with E-state index in [2.05, 4.69) is 15.5 Å². The van der Waals surface area contributed by atoms with E-state index in [1.165, 1.54) is 0 Å². The third-order valence-electron chi connectivity index (χ3n) is 3.51. The number of hydrogen-bond acceptors (Lipinski definition) is 5. The number of halogens is 1. The van der Waals surface area contributed by atoms with Gasteiger partial charge in [0.15, 0.2) is 5.01 Å². The predicted octanol–water partition coefficient (Wildman–Crippen LogP) is 4.84. The largest absolute Gasteiger partial charge is 0.497 e. The summed E-state index contributed by atoms with van der Waals surface area (Å²) in [6.07, 6.45) is 1.81. The molecule has 2 aromatic carbocycles. The van der Waals surface area contributed by atoms with Crippen LogP contribution in [-0.4, -0.2) is 23.2 Å². The second-order valence-electron chi connectivity index (χ2n) is 5.50. The van der Waals surface area contributed by atoms with Gasteiger partial charge in [-0.1, -0.05) is 52.8 Å². The van der Waals surface area contributed by atoms with E-state index in [0.29, 0.717) is 21.5 Å². The van der Waals surface area contributed by atoms with Crippen molar-refractivity contribution in [2.75, 3.05) is 12.4 Å². The maximum atomic E-state index is 12.3. The number of carbonyl (C=O) groups is 1. The summed E-state index contributed by atoms with van der Waals surface area (Å²) in [5.74, 6) is 0.383. The second kappa shape index (κ2) is 8.12. The van der Waals surface area contributed by atoms with Gasteiger partial charge < -0.3 is 10.1 Å². The molecular formula is C19H16ClN3O2S. The molecule has 132 valence electrons. The monoisotopic (exact) mass is 385 g/mol. The third kappa shape index (κ3) is 4.47. The lowest BCUT2D eigenvalue weighted by Crippen LogP contribution is -2.11. The molecule has 0 spiro atoms. The molecule has 0 radical (unpaired) electrons. The van der Waals surface area contributed by atoms with Crippen molar-refractivity contribution in [2.45, 2.75) is 6.92 Å². The molecule has 26 heavy (non-hydrogen) atoms. The summed E-state index contributed by atoms with van der Waals surface area (Å²) in [5.41, 5.74) is 2.75. The number of hydrogen-bond donors (Lipinski definition) is 1. The van der Waals surface area contributed by atoms with E-state index < -0.39 is 0 Å². The smallest absolute Gasteiger partial charge is 0.286 e. The number of anilines is 1. The normalized spacial score (nSPS) is 11.3. The molecule has 1 amide bonds. The first-order valence-electron chi connectivity index (χ1n) is 7.78. The average molecular weight is 386 g/mol. The van der Waals surface area contributed by atoms with Crippen LogP contribution in [0.2, 0.25) is 0 Å². The SMILES string of the molecule is COc1ccc(NC(=O)c2nnc(/C(Cl)=C/c3cccc(C)c3)s2)cc1. The van der Waals surface area contributed by atoms with Gasteiger partial charge in [-0.15, -0.1) is 10.2 Å². The fourth-order valence-corrected chi connectivity index (χ4v) is 3.16. The van der Waals surface area contributed by atoms with E-state index in [1.807, 2.05) is 31.2 Å². The number of amides is 1. The van der Waals surface area contributed by atoms with Gasteiger partial charge >= 0.3 is 0 Å². The number of nitrogens with zero attached hydrogens (tertiary/aromatic N) is 2. The summed E-state index contributed by atoms with van der Waals surface area (Å²) in [5, 5.41) is 11.9. The standard InChI is InChI=1S/C19H16ClN3O2S/c1-12-4-3-5-13(10-12)11-16(20)18-22-23-19(26-18)17(24)21-14-6-8-15(25-2)9-7-14/h3-11H,1-2H3,(H,21,24)/b16-11-. The van der Waals surface area contributed by atoms with E-state index in [4.69, 9.17) is 16.3 Å². The average Bonchev–Trinajstić information content (AvgIpc) is 3.13. The van der Waals surface area contributed by atoms with E-state index in [1.54, 1.807) is 37.5 Å². The molecule has 0 saturated carbocycles. The van der Waals surface area contributed by atoms with Crippen molar-refractivity contribution in [1.29, 1.82) is 0 Å². The number of rotatable bonds is 5. The lowest BCUT2D eigenvalue weighted by Gasteiger charge is -2.03. The van der Waals surface area contributed by atoms with Crippen LogP contribution in [-0.2, 0) is 0 Å². The molecule has 0 unspecified atom stereocenters. The predicted molar refractivity (Wildman–Crippen MR) is 106 cm³/mol. The Morgan fingerprint density at radius 3 is 2.58 bits per heavy atom. The van der Waals surface area contributed by atoms with E-state index in [-0.39, 0.29) is 10.9 Å². The number of ether oxygens (including phenoxy) is 1. The van der Waals surface area contributed by atoms with Gasteiger partial charge in [-0.05, 0) is 42.8 Å². The Morgan fingerprint density at radius 1 is 1.15 bits per heavy atom. The number of aromatic nitrogens is 2. The molecule has 0 atom stereocenters. The van der Waals surface area contributed by atoms with Gasteiger partial charge in [0.25, 0.3) is 5.91 Å². The van der Waals surface area contributed by atoms with Gasteiger partial charge in [0, 0.05) is 5.69 Å². The number of aryl methyl sites for hydroxylation is 1. The van der Waals surface area contributed by atoms with Crippen molar-refractivity contribution in [3.05, 3.63) is 69.7 Å². The minimum atomic E-state index is -0.334. The van der Waals surface area contributed by atoms with E-state index >= 15 is 0 Å². The van der Waals surface area contributed by atoms with Crippen LogP contribution in [0.4, 0.5) is 5.69 Å². The zero-order valence-electron chi connectivity index (χ0n) is 14.2. The van der Waals surface area contributed by atoms with Crippen molar-refractivity contribution in [3.8, 4) is 5.75 Å². The van der Waals surface area contributed by atoms with Crippen LogP contribution in [0.1, 0.15) is 25.9 Å². The summed E-state index contributed by atoms with van der Waals surface area (Å²) in [4.78, 5) is 12.3. The molecule has 3 rings (SSSR count). The van der Waals surface area contributed by atoms with Crippen LogP contribution in [0.25, 0.3) is 11.1 Å². The molecule has 1 heterocycles.